The normalized spacial score (nSPS) is 17.7. The number of carbonyl (C=O) groups excluding carboxylic acids is 2. The molecule has 1 N–H and O–H groups in total. The van der Waals surface area contributed by atoms with Crippen molar-refractivity contribution >= 4 is 17.4 Å². The van der Waals surface area contributed by atoms with Gasteiger partial charge in [0.2, 0.25) is 0 Å². The molecule has 6 nitrogen and oxygen atoms in total. The second-order valence-corrected chi connectivity index (χ2v) is 9.35. The van der Waals surface area contributed by atoms with E-state index in [2.05, 4.69) is 13.8 Å². The van der Waals surface area contributed by atoms with E-state index in [1.165, 1.54) is 0 Å². The van der Waals surface area contributed by atoms with Crippen molar-refractivity contribution in [1.82, 2.24) is 4.90 Å². The van der Waals surface area contributed by atoms with E-state index in [0.29, 0.717) is 43.4 Å². The monoisotopic (exact) mass is 465 g/mol. The van der Waals surface area contributed by atoms with Crippen molar-refractivity contribution < 1.29 is 24.2 Å². The summed E-state index contributed by atoms with van der Waals surface area (Å²) < 4.78 is 11.3. The Balaban J connectivity index is 1.97. The van der Waals surface area contributed by atoms with Crippen LogP contribution in [-0.4, -0.2) is 47.6 Å². The van der Waals surface area contributed by atoms with Gasteiger partial charge in [0.15, 0.2) is 0 Å². The van der Waals surface area contributed by atoms with Crippen LogP contribution < -0.4 is 4.74 Å². The van der Waals surface area contributed by atoms with E-state index >= 15 is 0 Å². The molecule has 0 aromatic heterocycles. The number of rotatable bonds is 10. The van der Waals surface area contributed by atoms with Crippen molar-refractivity contribution in [1.29, 1.82) is 0 Å². The zero-order chi connectivity index (χ0) is 24.8. The number of aryl methyl sites for hydroxylation is 1. The second-order valence-electron chi connectivity index (χ2n) is 9.35. The quantitative estimate of drug-likeness (QED) is 0.224. The fourth-order valence-corrected chi connectivity index (χ4v) is 4.01. The molecule has 1 saturated heterocycles. The van der Waals surface area contributed by atoms with E-state index in [0.717, 1.165) is 11.1 Å². The molecule has 0 bridgehead atoms. The van der Waals surface area contributed by atoms with Gasteiger partial charge < -0.3 is 19.5 Å². The molecule has 6 heteroatoms. The van der Waals surface area contributed by atoms with Crippen LogP contribution in [0.5, 0.6) is 5.75 Å². The van der Waals surface area contributed by atoms with Gasteiger partial charge in [0.1, 0.15) is 11.5 Å². The predicted octanol–water partition coefficient (Wildman–Crippen LogP) is 5.27. The molecule has 34 heavy (non-hydrogen) atoms. The number of ether oxygens (including phenoxy) is 2. The second kappa shape index (κ2) is 11.3. The van der Waals surface area contributed by atoms with Gasteiger partial charge in [-0.1, -0.05) is 38.1 Å². The van der Waals surface area contributed by atoms with Gasteiger partial charge in [0.25, 0.3) is 11.7 Å². The van der Waals surface area contributed by atoms with Crippen LogP contribution in [0.25, 0.3) is 5.76 Å². The molecule has 0 saturated carbocycles. The lowest BCUT2D eigenvalue weighted by Crippen LogP contribution is -2.31. The van der Waals surface area contributed by atoms with Crippen LogP contribution in [0.3, 0.4) is 0 Å². The Labute approximate surface area is 202 Å². The Hall–Kier alpha value is -3.12. The molecular weight excluding hydrogens is 430 g/mol. The molecule has 1 fully saturated rings. The fraction of sp³-hybridized carbons (Fsp3) is 0.429. The van der Waals surface area contributed by atoms with Gasteiger partial charge in [-0.05, 0) is 68.5 Å². The van der Waals surface area contributed by atoms with E-state index in [1.54, 1.807) is 29.2 Å². The number of benzene rings is 2. The minimum atomic E-state index is -0.671. The average Bonchev–Trinajstić information content (AvgIpc) is 3.05. The Morgan fingerprint density at radius 1 is 1.03 bits per heavy atom. The van der Waals surface area contributed by atoms with Gasteiger partial charge in [-0.2, -0.15) is 0 Å². The van der Waals surface area contributed by atoms with Crippen molar-refractivity contribution in [3.05, 3.63) is 70.8 Å². The first kappa shape index (κ1) is 25.5. The number of ketones is 1. The highest BCUT2D eigenvalue weighted by molar-refractivity contribution is 6.46. The molecule has 182 valence electrons. The first-order valence-corrected chi connectivity index (χ1v) is 11.9. The van der Waals surface area contributed by atoms with Gasteiger partial charge in [0, 0.05) is 18.7 Å². The predicted molar refractivity (Wildman–Crippen MR) is 133 cm³/mol. The van der Waals surface area contributed by atoms with Crippen LogP contribution in [0, 0.1) is 12.8 Å². The molecule has 1 atom stereocenters. The van der Waals surface area contributed by atoms with Crippen LogP contribution >= 0.6 is 0 Å². The minimum absolute atomic E-state index is 0.0927. The molecule has 0 aliphatic carbocycles. The lowest BCUT2D eigenvalue weighted by Gasteiger charge is -2.26. The summed E-state index contributed by atoms with van der Waals surface area (Å²) in [7, 11) is 0. The molecule has 3 rings (SSSR count). The molecule has 0 radical (unpaired) electrons. The summed E-state index contributed by atoms with van der Waals surface area (Å²) in [4.78, 5) is 27.7. The van der Waals surface area contributed by atoms with Gasteiger partial charge >= 0.3 is 0 Å². The third-order valence-corrected chi connectivity index (χ3v) is 5.73. The van der Waals surface area contributed by atoms with E-state index in [1.807, 2.05) is 45.0 Å². The van der Waals surface area contributed by atoms with E-state index in [-0.39, 0.29) is 17.4 Å². The van der Waals surface area contributed by atoms with Crippen molar-refractivity contribution in [2.45, 2.75) is 53.2 Å². The highest BCUT2D eigenvalue weighted by Crippen LogP contribution is 2.40. The number of likely N-dealkylation sites (tertiary alicyclic amines) is 1. The zero-order valence-corrected chi connectivity index (χ0v) is 20.7. The Bertz CT molecular complexity index is 1040. The number of hydrogen-bond acceptors (Lipinski definition) is 5. The lowest BCUT2D eigenvalue weighted by atomic mass is 9.92. The molecule has 2 aromatic rings. The van der Waals surface area contributed by atoms with Crippen molar-refractivity contribution in [3.63, 3.8) is 0 Å². The van der Waals surface area contributed by atoms with Gasteiger partial charge in [0.05, 0.1) is 24.3 Å². The number of amides is 1. The van der Waals surface area contributed by atoms with Crippen LogP contribution in [0.1, 0.15) is 56.8 Å². The van der Waals surface area contributed by atoms with Gasteiger partial charge in [-0.15, -0.1) is 0 Å². The molecule has 1 unspecified atom stereocenters. The summed E-state index contributed by atoms with van der Waals surface area (Å²) in [5.41, 5.74) is 2.35. The molecule has 1 aliphatic heterocycles. The summed E-state index contributed by atoms with van der Waals surface area (Å²) in [5, 5.41) is 11.2. The SMILES string of the molecule is Cc1ccccc1C1/C(=C(/O)c2ccc(OCC(C)C)cc2)C(=O)C(=O)N1CCCOC(C)C. The summed E-state index contributed by atoms with van der Waals surface area (Å²) in [6, 6.07) is 13.9. The smallest absolute Gasteiger partial charge is 0.295 e. The first-order chi connectivity index (χ1) is 16.2. The minimum Gasteiger partial charge on any atom is -0.507 e. The van der Waals surface area contributed by atoms with Crippen LogP contribution in [0.2, 0.25) is 0 Å². The molecular formula is C28H35NO5. The number of hydrogen-bond donors (Lipinski definition) is 1. The lowest BCUT2D eigenvalue weighted by molar-refractivity contribution is -0.140. The molecule has 1 amide bonds. The molecule has 2 aromatic carbocycles. The number of aliphatic hydroxyl groups excluding tert-OH is 1. The largest absolute Gasteiger partial charge is 0.507 e. The Kier molecular flexibility index (Phi) is 8.51. The Morgan fingerprint density at radius 3 is 2.32 bits per heavy atom. The average molecular weight is 466 g/mol. The van der Waals surface area contributed by atoms with Gasteiger partial charge in [-0.3, -0.25) is 9.59 Å². The number of aliphatic hydroxyl groups is 1. The van der Waals surface area contributed by atoms with Crippen LogP contribution in [0.4, 0.5) is 0 Å². The summed E-state index contributed by atoms with van der Waals surface area (Å²) in [5.74, 6) is -0.370. The van der Waals surface area contributed by atoms with Crippen LogP contribution in [0.15, 0.2) is 54.1 Å². The Morgan fingerprint density at radius 2 is 1.71 bits per heavy atom. The summed E-state index contributed by atoms with van der Waals surface area (Å²) in [6.07, 6.45) is 0.685. The third-order valence-electron chi connectivity index (χ3n) is 5.73. The first-order valence-electron chi connectivity index (χ1n) is 11.9. The topological polar surface area (TPSA) is 76.1 Å². The maximum atomic E-state index is 13.1. The van der Waals surface area contributed by atoms with Gasteiger partial charge in [-0.25, -0.2) is 0 Å². The maximum absolute atomic E-state index is 13.1. The standard InChI is InChI=1S/C28H35NO5/c1-18(2)17-34-22-13-11-21(12-14-22)26(30)24-25(23-10-7-6-9-20(23)5)29(28(32)27(24)31)15-8-16-33-19(3)4/h6-7,9-14,18-19,25,30H,8,15-17H2,1-5H3/b26-24-. The van der Waals surface area contributed by atoms with Crippen LogP contribution in [-0.2, 0) is 14.3 Å². The number of nitrogens with zero attached hydrogens (tertiary/aromatic N) is 1. The van der Waals surface area contributed by atoms with E-state index in [9.17, 15) is 14.7 Å². The number of Topliss-reactive ketones (excluding diaryl/α,β-unsaturated/α-hetero) is 1. The molecule has 0 spiro atoms. The molecule has 1 heterocycles. The summed E-state index contributed by atoms with van der Waals surface area (Å²) >= 11 is 0. The van der Waals surface area contributed by atoms with Crippen molar-refractivity contribution in [2.24, 2.45) is 5.92 Å². The maximum Gasteiger partial charge on any atom is 0.295 e. The third kappa shape index (κ3) is 5.86. The molecule has 1 aliphatic rings. The number of carbonyl (C=O) groups is 2. The summed E-state index contributed by atoms with van der Waals surface area (Å²) in [6.45, 7) is 11.4. The van der Waals surface area contributed by atoms with Crippen molar-refractivity contribution in [3.8, 4) is 5.75 Å². The highest BCUT2D eigenvalue weighted by atomic mass is 16.5. The zero-order valence-electron chi connectivity index (χ0n) is 20.7. The van der Waals surface area contributed by atoms with E-state index in [4.69, 9.17) is 9.47 Å². The highest BCUT2D eigenvalue weighted by Gasteiger charge is 2.46. The van der Waals surface area contributed by atoms with Crippen molar-refractivity contribution in [2.75, 3.05) is 19.8 Å². The van der Waals surface area contributed by atoms with E-state index < -0.39 is 17.7 Å². The fourth-order valence-electron chi connectivity index (χ4n) is 4.01.